The third-order valence-electron chi connectivity index (χ3n) is 0.745. The predicted molar refractivity (Wildman–Crippen MR) is 43.4 cm³/mol. The van der Waals surface area contributed by atoms with Crippen LogP contribution < -0.4 is 0 Å². The Morgan fingerprint density at radius 3 is 1.42 bits per heavy atom. The Balaban J connectivity index is 3.48. The van der Waals surface area contributed by atoms with Crippen molar-refractivity contribution in [3.8, 4) is 0 Å². The highest BCUT2D eigenvalue weighted by Crippen LogP contribution is 2.38. The minimum absolute atomic E-state index is 0.178. The first kappa shape index (κ1) is 12.3. The van der Waals surface area contributed by atoms with Crippen LogP contribution >= 0.6 is 15.2 Å². The summed E-state index contributed by atoms with van der Waals surface area (Å²) in [6, 6.07) is 0. The lowest BCUT2D eigenvalue weighted by Crippen LogP contribution is -2.00. The molecule has 6 nitrogen and oxygen atoms in total. The second-order valence-electron chi connectivity index (χ2n) is 2.27. The minimum Gasteiger partial charge on any atom is -0.324 e. The molecule has 0 aromatic carbocycles. The summed E-state index contributed by atoms with van der Waals surface area (Å²) < 4.78 is 29.7. The molecule has 0 rings (SSSR count). The molecule has 0 spiro atoms. The molecule has 2 atom stereocenters. The molecule has 0 radical (unpaired) electrons. The molecule has 0 heterocycles. The van der Waals surface area contributed by atoms with Crippen LogP contribution in [-0.4, -0.2) is 36.3 Å². The van der Waals surface area contributed by atoms with E-state index in [1.54, 1.807) is 0 Å². The summed E-state index contributed by atoms with van der Waals surface area (Å²) in [5.74, 6) is 0. The van der Waals surface area contributed by atoms with Gasteiger partial charge < -0.3 is 18.8 Å². The first-order valence-electron chi connectivity index (χ1n) is 3.10. The Morgan fingerprint density at radius 2 is 1.25 bits per heavy atom. The molecule has 0 saturated carbocycles. The van der Waals surface area contributed by atoms with Crippen LogP contribution in [0.15, 0.2) is 0 Å². The fourth-order valence-electron chi connectivity index (χ4n) is 0.413. The van der Waals surface area contributed by atoms with Gasteiger partial charge in [0, 0.05) is 13.3 Å². The third-order valence-corrected chi connectivity index (χ3v) is 2.07. The van der Waals surface area contributed by atoms with E-state index in [9.17, 15) is 9.13 Å². The number of hydrogen-bond donors (Lipinski definition) is 2. The molecule has 0 aliphatic rings. The molecule has 0 aromatic rings. The van der Waals surface area contributed by atoms with Crippen LogP contribution in [-0.2, 0) is 18.2 Å². The van der Waals surface area contributed by atoms with Crippen LogP contribution in [0.2, 0.25) is 0 Å². The largest absolute Gasteiger partial charge is 0.325 e. The number of rotatable bonds is 5. The molecule has 2 unspecified atom stereocenters. The lowest BCUT2D eigenvalue weighted by atomic mass is 10.8. The summed E-state index contributed by atoms with van der Waals surface area (Å²) >= 11 is 0. The van der Waals surface area contributed by atoms with Crippen LogP contribution in [0.25, 0.3) is 0 Å². The first-order valence-corrected chi connectivity index (χ1v) is 7.15. The first-order chi connectivity index (χ1) is 5.21. The van der Waals surface area contributed by atoms with E-state index in [4.69, 9.17) is 9.79 Å². The van der Waals surface area contributed by atoms with Gasteiger partial charge in [-0.2, -0.15) is 0 Å². The summed E-state index contributed by atoms with van der Waals surface area (Å²) in [6.07, 6.45) is 0. The van der Waals surface area contributed by atoms with Crippen molar-refractivity contribution in [1.29, 1.82) is 0 Å². The molecular weight excluding hydrogens is 206 g/mol. The van der Waals surface area contributed by atoms with Gasteiger partial charge >= 0.3 is 15.2 Å². The normalized spacial score (nSPS) is 21.3. The molecule has 0 fully saturated rings. The van der Waals surface area contributed by atoms with Gasteiger partial charge in [-0.15, -0.1) is 0 Å². The lowest BCUT2D eigenvalue weighted by Gasteiger charge is -2.08. The summed E-state index contributed by atoms with van der Waals surface area (Å²) in [7, 11) is -7.00. The van der Waals surface area contributed by atoms with Gasteiger partial charge in [0.15, 0.2) is 0 Å². The topological polar surface area (TPSA) is 93.1 Å². The van der Waals surface area contributed by atoms with E-state index in [0.717, 1.165) is 13.3 Å². The standard InChI is InChI=1S/C4H12O6P2/c1-11(5,6)9-3-4-10-12(2,7)8/h3-4H2,1-2H3,(H,5,6)(H,7,8). The smallest absolute Gasteiger partial charge is 0.324 e. The monoisotopic (exact) mass is 218 g/mol. The van der Waals surface area contributed by atoms with Crippen LogP contribution in [0.4, 0.5) is 0 Å². The molecule has 0 aromatic heterocycles. The molecule has 8 heteroatoms. The average molecular weight is 218 g/mol. The molecular formula is C4H12O6P2. The van der Waals surface area contributed by atoms with Crippen LogP contribution in [0.3, 0.4) is 0 Å². The van der Waals surface area contributed by atoms with Crippen molar-refractivity contribution in [2.75, 3.05) is 26.5 Å². The van der Waals surface area contributed by atoms with Gasteiger partial charge in [-0.3, -0.25) is 9.13 Å². The predicted octanol–water partition coefficient (Wildman–Crippen LogP) is 0.650. The molecule has 74 valence electrons. The lowest BCUT2D eigenvalue weighted by molar-refractivity contribution is 0.184. The highest BCUT2D eigenvalue weighted by atomic mass is 31.2. The molecule has 0 aliphatic carbocycles. The molecule has 0 saturated heterocycles. The molecule has 2 N–H and O–H groups in total. The van der Waals surface area contributed by atoms with Gasteiger partial charge in [-0.1, -0.05) is 0 Å². The maximum atomic E-state index is 10.5. The van der Waals surface area contributed by atoms with Crippen LogP contribution in [0.1, 0.15) is 0 Å². The maximum absolute atomic E-state index is 10.5. The Morgan fingerprint density at radius 1 is 1.00 bits per heavy atom. The Kier molecular flexibility index (Phi) is 4.62. The zero-order chi connectivity index (χ0) is 9.83. The van der Waals surface area contributed by atoms with E-state index in [0.29, 0.717) is 0 Å². The van der Waals surface area contributed by atoms with Crippen molar-refractivity contribution in [3.05, 3.63) is 0 Å². The van der Waals surface area contributed by atoms with Crippen molar-refractivity contribution in [3.63, 3.8) is 0 Å². The maximum Gasteiger partial charge on any atom is 0.325 e. The third kappa shape index (κ3) is 10.3. The van der Waals surface area contributed by atoms with Crippen LogP contribution in [0.5, 0.6) is 0 Å². The zero-order valence-electron chi connectivity index (χ0n) is 6.84. The van der Waals surface area contributed by atoms with Crippen molar-refractivity contribution in [1.82, 2.24) is 0 Å². The number of hydrogen-bond acceptors (Lipinski definition) is 4. The van der Waals surface area contributed by atoms with E-state index >= 15 is 0 Å². The quantitative estimate of drug-likeness (QED) is 0.519. The fraction of sp³-hybridized carbons (Fsp3) is 1.00. The highest BCUT2D eigenvalue weighted by molar-refractivity contribution is 7.52. The second-order valence-corrected chi connectivity index (χ2v) is 6.00. The molecule has 0 bridgehead atoms. The highest BCUT2D eigenvalue weighted by Gasteiger charge is 2.12. The average Bonchev–Trinajstić information content (AvgIpc) is 1.76. The Bertz CT molecular complexity index is 190. The summed E-state index contributed by atoms with van der Waals surface area (Å²) in [4.78, 5) is 17.2. The minimum atomic E-state index is -3.50. The Hall–Kier alpha value is 0.300. The molecule has 0 amide bonds. The van der Waals surface area contributed by atoms with Crippen molar-refractivity contribution < 1.29 is 28.0 Å². The summed E-state index contributed by atoms with van der Waals surface area (Å²) in [6.45, 7) is 1.69. The van der Waals surface area contributed by atoms with Gasteiger partial charge in [-0.05, 0) is 0 Å². The zero-order valence-corrected chi connectivity index (χ0v) is 8.62. The van der Waals surface area contributed by atoms with E-state index < -0.39 is 15.2 Å². The van der Waals surface area contributed by atoms with Crippen molar-refractivity contribution in [2.24, 2.45) is 0 Å². The van der Waals surface area contributed by atoms with E-state index in [1.165, 1.54) is 0 Å². The van der Waals surface area contributed by atoms with Crippen LogP contribution in [0, 0.1) is 0 Å². The van der Waals surface area contributed by atoms with Gasteiger partial charge in [0.1, 0.15) is 0 Å². The van der Waals surface area contributed by atoms with E-state index in [2.05, 4.69) is 9.05 Å². The van der Waals surface area contributed by atoms with E-state index in [-0.39, 0.29) is 13.2 Å². The summed E-state index contributed by atoms with van der Waals surface area (Å²) in [5.41, 5.74) is 0. The Labute approximate surface area is 70.6 Å². The summed E-state index contributed by atoms with van der Waals surface area (Å²) in [5, 5.41) is 0. The van der Waals surface area contributed by atoms with Crippen molar-refractivity contribution in [2.45, 2.75) is 0 Å². The van der Waals surface area contributed by atoms with Gasteiger partial charge in [0.2, 0.25) is 0 Å². The van der Waals surface area contributed by atoms with Gasteiger partial charge in [0.05, 0.1) is 13.2 Å². The molecule has 0 aliphatic heterocycles. The van der Waals surface area contributed by atoms with E-state index in [1.807, 2.05) is 0 Å². The second kappa shape index (κ2) is 4.51. The van der Waals surface area contributed by atoms with Crippen molar-refractivity contribution >= 4 is 15.2 Å². The van der Waals surface area contributed by atoms with Gasteiger partial charge in [0.25, 0.3) is 0 Å². The SMILES string of the molecule is CP(=O)(O)OCCOP(C)(=O)O. The fourth-order valence-corrected chi connectivity index (χ4v) is 1.24. The molecule has 12 heavy (non-hydrogen) atoms. The van der Waals surface area contributed by atoms with Gasteiger partial charge in [-0.25, -0.2) is 0 Å².